The first-order chi connectivity index (χ1) is 5.83. The lowest BCUT2D eigenvalue weighted by atomic mass is 10.1. The van der Waals surface area contributed by atoms with E-state index in [1.807, 2.05) is 18.2 Å². The van der Waals surface area contributed by atoms with Crippen LogP contribution in [0.3, 0.4) is 0 Å². The van der Waals surface area contributed by atoms with Crippen molar-refractivity contribution in [1.29, 1.82) is 0 Å². The first-order valence-corrected chi connectivity index (χ1v) is 4.11. The van der Waals surface area contributed by atoms with E-state index in [9.17, 15) is 0 Å². The van der Waals surface area contributed by atoms with Crippen molar-refractivity contribution in [2.45, 2.75) is 12.5 Å². The summed E-state index contributed by atoms with van der Waals surface area (Å²) in [5.41, 5.74) is 7.06. The molecule has 0 aliphatic heterocycles. The number of hydrogen-bond acceptors (Lipinski definition) is 2. The number of ether oxygens (including phenoxy) is 1. The lowest BCUT2D eigenvalue weighted by molar-refractivity contribution is 0.180. The SMILES string of the molecule is COCC(N)Cc1ccccc1.Cl. The molecule has 0 saturated carbocycles. The van der Waals surface area contributed by atoms with Gasteiger partial charge in [-0.2, -0.15) is 0 Å². The molecule has 1 aromatic carbocycles. The molecule has 0 saturated heterocycles. The van der Waals surface area contributed by atoms with Crippen LogP contribution in [-0.2, 0) is 11.2 Å². The normalized spacial score (nSPS) is 11.8. The van der Waals surface area contributed by atoms with Crippen LogP contribution in [0, 0.1) is 0 Å². The second kappa shape index (κ2) is 6.89. The summed E-state index contributed by atoms with van der Waals surface area (Å²) in [6, 6.07) is 10.3. The largest absolute Gasteiger partial charge is 0.383 e. The highest BCUT2D eigenvalue weighted by molar-refractivity contribution is 5.85. The average Bonchev–Trinajstić information content (AvgIpc) is 2.06. The summed E-state index contributed by atoms with van der Waals surface area (Å²) in [4.78, 5) is 0. The van der Waals surface area contributed by atoms with Crippen molar-refractivity contribution in [1.82, 2.24) is 0 Å². The molecule has 0 aliphatic rings. The van der Waals surface area contributed by atoms with Crippen molar-refractivity contribution in [3.05, 3.63) is 35.9 Å². The summed E-state index contributed by atoms with van der Waals surface area (Å²) in [5, 5.41) is 0. The molecule has 1 aromatic rings. The summed E-state index contributed by atoms with van der Waals surface area (Å²) in [7, 11) is 1.67. The van der Waals surface area contributed by atoms with E-state index >= 15 is 0 Å². The molecule has 2 N–H and O–H groups in total. The second-order valence-corrected chi connectivity index (χ2v) is 2.91. The topological polar surface area (TPSA) is 35.2 Å². The minimum atomic E-state index is 0. The second-order valence-electron chi connectivity index (χ2n) is 2.91. The van der Waals surface area contributed by atoms with Crippen LogP contribution in [0.2, 0.25) is 0 Å². The molecule has 0 aromatic heterocycles. The summed E-state index contributed by atoms with van der Waals surface area (Å²) >= 11 is 0. The smallest absolute Gasteiger partial charge is 0.0616 e. The number of methoxy groups -OCH3 is 1. The minimum absolute atomic E-state index is 0. The van der Waals surface area contributed by atoms with E-state index < -0.39 is 0 Å². The Balaban J connectivity index is 0.00000144. The lowest BCUT2D eigenvalue weighted by Crippen LogP contribution is -2.27. The van der Waals surface area contributed by atoms with Gasteiger partial charge in [-0.25, -0.2) is 0 Å². The predicted octanol–water partition coefficient (Wildman–Crippen LogP) is 1.62. The number of benzene rings is 1. The Kier molecular flexibility index (Phi) is 6.59. The van der Waals surface area contributed by atoms with Gasteiger partial charge in [-0.15, -0.1) is 12.4 Å². The van der Waals surface area contributed by atoms with Crippen LogP contribution in [-0.4, -0.2) is 19.8 Å². The summed E-state index contributed by atoms with van der Waals surface area (Å²) in [6.07, 6.45) is 0.884. The molecule has 13 heavy (non-hydrogen) atoms. The van der Waals surface area contributed by atoms with Gasteiger partial charge in [0.05, 0.1) is 6.61 Å². The van der Waals surface area contributed by atoms with E-state index in [1.165, 1.54) is 5.56 Å². The van der Waals surface area contributed by atoms with Crippen molar-refractivity contribution in [3.8, 4) is 0 Å². The first kappa shape index (κ1) is 12.4. The average molecular weight is 202 g/mol. The fourth-order valence-electron chi connectivity index (χ4n) is 1.19. The zero-order valence-electron chi connectivity index (χ0n) is 7.77. The maximum Gasteiger partial charge on any atom is 0.0616 e. The Morgan fingerprint density at radius 3 is 2.46 bits per heavy atom. The third kappa shape index (κ3) is 4.88. The third-order valence-electron chi connectivity index (χ3n) is 1.72. The predicted molar refractivity (Wildman–Crippen MR) is 57.2 cm³/mol. The van der Waals surface area contributed by atoms with Gasteiger partial charge in [0, 0.05) is 13.2 Å². The molecule has 0 radical (unpaired) electrons. The van der Waals surface area contributed by atoms with Gasteiger partial charge in [0.1, 0.15) is 0 Å². The first-order valence-electron chi connectivity index (χ1n) is 4.11. The van der Waals surface area contributed by atoms with Crippen molar-refractivity contribution in [2.24, 2.45) is 5.73 Å². The Bertz CT molecular complexity index is 215. The molecule has 0 heterocycles. The van der Waals surface area contributed by atoms with Gasteiger partial charge < -0.3 is 10.5 Å². The molecule has 2 nitrogen and oxygen atoms in total. The van der Waals surface area contributed by atoms with E-state index in [0.717, 1.165) is 6.42 Å². The number of rotatable bonds is 4. The van der Waals surface area contributed by atoms with Crippen LogP contribution < -0.4 is 5.73 Å². The van der Waals surface area contributed by atoms with E-state index in [4.69, 9.17) is 10.5 Å². The van der Waals surface area contributed by atoms with Gasteiger partial charge in [-0.05, 0) is 12.0 Å². The van der Waals surface area contributed by atoms with Crippen LogP contribution in [0.25, 0.3) is 0 Å². The van der Waals surface area contributed by atoms with Gasteiger partial charge >= 0.3 is 0 Å². The molecule has 0 spiro atoms. The highest BCUT2D eigenvalue weighted by Gasteiger charge is 2.01. The standard InChI is InChI=1S/C10H15NO.ClH/c1-12-8-10(11)7-9-5-3-2-4-6-9;/h2-6,10H,7-8,11H2,1H3;1H. The molecule has 0 aliphatic carbocycles. The molecule has 74 valence electrons. The summed E-state index contributed by atoms with van der Waals surface area (Å²) < 4.78 is 4.95. The van der Waals surface area contributed by atoms with E-state index in [-0.39, 0.29) is 18.4 Å². The molecular weight excluding hydrogens is 186 g/mol. The molecule has 1 atom stereocenters. The quantitative estimate of drug-likeness (QED) is 0.804. The van der Waals surface area contributed by atoms with Crippen LogP contribution in [0.1, 0.15) is 5.56 Å². The fourth-order valence-corrected chi connectivity index (χ4v) is 1.19. The Morgan fingerprint density at radius 2 is 1.92 bits per heavy atom. The molecule has 1 rings (SSSR count). The van der Waals surface area contributed by atoms with Gasteiger partial charge in [-0.1, -0.05) is 30.3 Å². The van der Waals surface area contributed by atoms with Crippen molar-refractivity contribution in [3.63, 3.8) is 0 Å². The number of hydrogen-bond donors (Lipinski definition) is 1. The Morgan fingerprint density at radius 1 is 1.31 bits per heavy atom. The summed E-state index contributed by atoms with van der Waals surface area (Å²) in [5.74, 6) is 0. The van der Waals surface area contributed by atoms with E-state index in [2.05, 4.69) is 12.1 Å². The zero-order chi connectivity index (χ0) is 8.81. The molecule has 0 amide bonds. The highest BCUT2D eigenvalue weighted by atomic mass is 35.5. The van der Waals surface area contributed by atoms with Gasteiger partial charge in [0.2, 0.25) is 0 Å². The van der Waals surface area contributed by atoms with Crippen LogP contribution in [0.15, 0.2) is 30.3 Å². The van der Waals surface area contributed by atoms with Crippen molar-refractivity contribution in [2.75, 3.05) is 13.7 Å². The van der Waals surface area contributed by atoms with Crippen molar-refractivity contribution < 1.29 is 4.74 Å². The van der Waals surface area contributed by atoms with Crippen LogP contribution >= 0.6 is 12.4 Å². The molecule has 1 unspecified atom stereocenters. The van der Waals surface area contributed by atoms with Crippen LogP contribution in [0.5, 0.6) is 0 Å². The van der Waals surface area contributed by atoms with Gasteiger partial charge in [-0.3, -0.25) is 0 Å². The lowest BCUT2D eigenvalue weighted by Gasteiger charge is -2.09. The van der Waals surface area contributed by atoms with Gasteiger partial charge in [0.25, 0.3) is 0 Å². The van der Waals surface area contributed by atoms with Crippen molar-refractivity contribution >= 4 is 12.4 Å². The molecule has 3 heteroatoms. The molecular formula is C10H16ClNO. The Hall–Kier alpha value is -0.570. The van der Waals surface area contributed by atoms with Gasteiger partial charge in [0.15, 0.2) is 0 Å². The maximum absolute atomic E-state index is 5.79. The van der Waals surface area contributed by atoms with E-state index in [0.29, 0.717) is 6.61 Å². The highest BCUT2D eigenvalue weighted by Crippen LogP contribution is 2.01. The fraction of sp³-hybridized carbons (Fsp3) is 0.400. The van der Waals surface area contributed by atoms with Crippen LogP contribution in [0.4, 0.5) is 0 Å². The molecule has 0 bridgehead atoms. The minimum Gasteiger partial charge on any atom is -0.383 e. The zero-order valence-corrected chi connectivity index (χ0v) is 8.59. The number of nitrogens with two attached hydrogens (primary N) is 1. The third-order valence-corrected chi connectivity index (χ3v) is 1.72. The monoisotopic (exact) mass is 201 g/mol. The Labute approximate surface area is 85.5 Å². The van der Waals surface area contributed by atoms with E-state index in [1.54, 1.807) is 7.11 Å². The molecule has 0 fully saturated rings. The summed E-state index contributed by atoms with van der Waals surface area (Å²) in [6.45, 7) is 0.620. The number of halogens is 1. The maximum atomic E-state index is 5.79.